The first-order chi connectivity index (χ1) is 11.1. The highest BCUT2D eigenvalue weighted by molar-refractivity contribution is 5.89. The van der Waals surface area contributed by atoms with Gasteiger partial charge in [0.05, 0.1) is 18.0 Å². The molecule has 0 unspecified atom stereocenters. The van der Waals surface area contributed by atoms with Gasteiger partial charge in [0.15, 0.2) is 0 Å². The van der Waals surface area contributed by atoms with Crippen LogP contribution in [0.25, 0.3) is 0 Å². The molecule has 0 saturated carbocycles. The van der Waals surface area contributed by atoms with E-state index < -0.39 is 0 Å². The van der Waals surface area contributed by atoms with E-state index >= 15 is 0 Å². The summed E-state index contributed by atoms with van der Waals surface area (Å²) in [6.07, 6.45) is 3.18. The number of carbonyl (C=O) groups excluding carboxylic acids is 1. The van der Waals surface area contributed by atoms with Crippen molar-refractivity contribution in [1.82, 2.24) is 4.98 Å². The molecule has 1 aromatic carbocycles. The second-order valence-corrected chi connectivity index (χ2v) is 5.55. The van der Waals surface area contributed by atoms with Crippen molar-refractivity contribution >= 4 is 23.1 Å². The third-order valence-electron chi connectivity index (χ3n) is 3.02. The number of pyridine rings is 1. The molecular formula is C18H23N3O2. The number of benzene rings is 1. The Morgan fingerprint density at radius 2 is 1.83 bits per heavy atom. The molecule has 0 atom stereocenters. The van der Waals surface area contributed by atoms with Gasteiger partial charge in [-0.1, -0.05) is 6.92 Å². The van der Waals surface area contributed by atoms with E-state index in [1.54, 1.807) is 12.3 Å². The molecule has 0 aliphatic rings. The number of ether oxygens (including phenoxy) is 1. The van der Waals surface area contributed by atoms with E-state index in [1.165, 1.54) is 0 Å². The second kappa shape index (κ2) is 8.17. The van der Waals surface area contributed by atoms with Crippen LogP contribution in [0.4, 0.5) is 17.2 Å². The van der Waals surface area contributed by atoms with Gasteiger partial charge in [0.1, 0.15) is 11.6 Å². The first-order valence-electron chi connectivity index (χ1n) is 7.86. The van der Waals surface area contributed by atoms with Gasteiger partial charge in [-0.2, -0.15) is 0 Å². The fraction of sp³-hybridized carbons (Fsp3) is 0.333. The standard InChI is InChI=1S/C18H23N3O2/c1-4-5-18(22)21-17-11-8-15(12-19-17)20-14-6-9-16(10-7-14)23-13(2)3/h6-13,20H,4-5H2,1-3H3,(H,19,21,22). The molecule has 5 heteroatoms. The Hall–Kier alpha value is -2.56. The molecule has 2 aromatic rings. The van der Waals surface area contributed by atoms with Gasteiger partial charge in [0, 0.05) is 12.1 Å². The Kier molecular flexibility index (Phi) is 5.97. The first-order valence-corrected chi connectivity index (χ1v) is 7.86. The van der Waals surface area contributed by atoms with Crippen LogP contribution in [-0.4, -0.2) is 17.0 Å². The lowest BCUT2D eigenvalue weighted by Gasteiger charge is -2.11. The Bertz CT molecular complexity index is 622. The smallest absolute Gasteiger partial charge is 0.225 e. The van der Waals surface area contributed by atoms with Crippen LogP contribution in [0, 0.1) is 0 Å². The van der Waals surface area contributed by atoms with E-state index in [1.807, 2.05) is 51.1 Å². The van der Waals surface area contributed by atoms with Gasteiger partial charge in [0.25, 0.3) is 0 Å². The Labute approximate surface area is 137 Å². The summed E-state index contributed by atoms with van der Waals surface area (Å²) in [5.74, 6) is 1.40. The molecule has 122 valence electrons. The third kappa shape index (κ3) is 5.62. The van der Waals surface area contributed by atoms with Crippen molar-refractivity contribution in [1.29, 1.82) is 0 Å². The zero-order valence-electron chi connectivity index (χ0n) is 13.8. The summed E-state index contributed by atoms with van der Waals surface area (Å²) < 4.78 is 5.61. The largest absolute Gasteiger partial charge is 0.491 e. The summed E-state index contributed by atoms with van der Waals surface area (Å²) in [6, 6.07) is 11.4. The van der Waals surface area contributed by atoms with Gasteiger partial charge >= 0.3 is 0 Å². The topological polar surface area (TPSA) is 63.2 Å². The van der Waals surface area contributed by atoms with Crippen LogP contribution in [0.5, 0.6) is 5.75 Å². The van der Waals surface area contributed by atoms with Gasteiger partial charge < -0.3 is 15.4 Å². The number of rotatable bonds is 7. The van der Waals surface area contributed by atoms with Crippen LogP contribution < -0.4 is 15.4 Å². The van der Waals surface area contributed by atoms with Crippen LogP contribution in [0.1, 0.15) is 33.6 Å². The highest BCUT2D eigenvalue weighted by Crippen LogP contribution is 2.21. The molecule has 0 saturated heterocycles. The number of aromatic nitrogens is 1. The van der Waals surface area contributed by atoms with Crippen LogP contribution in [0.2, 0.25) is 0 Å². The molecule has 23 heavy (non-hydrogen) atoms. The number of nitrogens with zero attached hydrogens (tertiary/aromatic N) is 1. The van der Waals surface area contributed by atoms with Crippen LogP contribution in [0.15, 0.2) is 42.6 Å². The predicted octanol–water partition coefficient (Wildman–Crippen LogP) is 4.35. The van der Waals surface area contributed by atoms with Gasteiger partial charge in [-0.3, -0.25) is 4.79 Å². The van der Waals surface area contributed by atoms with Gasteiger partial charge in [-0.15, -0.1) is 0 Å². The van der Waals surface area contributed by atoms with E-state index in [2.05, 4.69) is 15.6 Å². The maximum Gasteiger partial charge on any atom is 0.225 e. The monoisotopic (exact) mass is 313 g/mol. The first kappa shape index (κ1) is 16.8. The van der Waals surface area contributed by atoms with Crippen molar-refractivity contribution < 1.29 is 9.53 Å². The minimum absolute atomic E-state index is 0.0125. The molecule has 0 spiro atoms. The molecule has 1 aromatic heterocycles. The summed E-state index contributed by atoms with van der Waals surface area (Å²) in [5, 5.41) is 6.02. The minimum atomic E-state index is -0.0125. The highest BCUT2D eigenvalue weighted by Gasteiger charge is 2.03. The molecule has 1 amide bonds. The van der Waals surface area contributed by atoms with Gasteiger partial charge in [-0.25, -0.2) is 4.98 Å². The Balaban J connectivity index is 1.94. The molecule has 0 radical (unpaired) electrons. The molecule has 5 nitrogen and oxygen atoms in total. The number of anilines is 3. The van der Waals surface area contributed by atoms with E-state index in [0.717, 1.165) is 23.5 Å². The normalized spacial score (nSPS) is 10.4. The van der Waals surface area contributed by atoms with Crippen molar-refractivity contribution in [2.24, 2.45) is 0 Å². The lowest BCUT2D eigenvalue weighted by atomic mass is 10.3. The quantitative estimate of drug-likeness (QED) is 0.797. The van der Waals surface area contributed by atoms with Crippen molar-refractivity contribution in [2.45, 2.75) is 39.7 Å². The number of nitrogens with one attached hydrogen (secondary N) is 2. The zero-order chi connectivity index (χ0) is 16.7. The van der Waals surface area contributed by atoms with Crippen molar-refractivity contribution in [3.63, 3.8) is 0 Å². The van der Waals surface area contributed by atoms with Crippen LogP contribution in [0.3, 0.4) is 0 Å². The molecule has 0 aliphatic heterocycles. The van der Waals surface area contributed by atoms with Gasteiger partial charge in [-0.05, 0) is 56.7 Å². The zero-order valence-corrected chi connectivity index (χ0v) is 13.8. The van der Waals surface area contributed by atoms with E-state index in [4.69, 9.17) is 4.74 Å². The van der Waals surface area contributed by atoms with Crippen molar-refractivity contribution in [3.8, 4) is 5.75 Å². The summed E-state index contributed by atoms with van der Waals surface area (Å²) in [5.41, 5.74) is 1.81. The predicted molar refractivity (Wildman–Crippen MR) is 93.3 cm³/mol. The number of amides is 1. The molecular weight excluding hydrogens is 290 g/mol. The van der Waals surface area contributed by atoms with Crippen molar-refractivity contribution in [3.05, 3.63) is 42.6 Å². The molecule has 2 rings (SSSR count). The summed E-state index contributed by atoms with van der Waals surface area (Å²) >= 11 is 0. The molecule has 0 fully saturated rings. The van der Waals surface area contributed by atoms with Crippen LogP contribution >= 0.6 is 0 Å². The fourth-order valence-corrected chi connectivity index (χ4v) is 2.03. The Morgan fingerprint density at radius 1 is 1.13 bits per heavy atom. The number of hydrogen-bond acceptors (Lipinski definition) is 4. The molecule has 2 N–H and O–H groups in total. The average Bonchev–Trinajstić information content (AvgIpc) is 2.51. The maximum atomic E-state index is 11.5. The maximum absolute atomic E-state index is 11.5. The molecule has 1 heterocycles. The van der Waals surface area contributed by atoms with E-state index in [9.17, 15) is 4.79 Å². The van der Waals surface area contributed by atoms with E-state index in [-0.39, 0.29) is 12.0 Å². The van der Waals surface area contributed by atoms with Crippen LogP contribution in [-0.2, 0) is 4.79 Å². The number of carbonyl (C=O) groups is 1. The fourth-order valence-electron chi connectivity index (χ4n) is 2.03. The Morgan fingerprint density at radius 3 is 2.39 bits per heavy atom. The lowest BCUT2D eigenvalue weighted by Crippen LogP contribution is -2.11. The minimum Gasteiger partial charge on any atom is -0.491 e. The van der Waals surface area contributed by atoms with Crippen molar-refractivity contribution in [2.75, 3.05) is 10.6 Å². The average molecular weight is 313 g/mol. The second-order valence-electron chi connectivity index (χ2n) is 5.55. The molecule has 0 aliphatic carbocycles. The summed E-state index contributed by atoms with van der Waals surface area (Å²) in [6.45, 7) is 5.97. The third-order valence-corrected chi connectivity index (χ3v) is 3.02. The number of hydrogen-bond donors (Lipinski definition) is 2. The summed E-state index contributed by atoms with van der Waals surface area (Å²) in [7, 11) is 0. The van der Waals surface area contributed by atoms with Gasteiger partial charge in [0.2, 0.25) is 5.91 Å². The SMILES string of the molecule is CCCC(=O)Nc1ccc(Nc2ccc(OC(C)C)cc2)cn1. The molecule has 0 bridgehead atoms. The summed E-state index contributed by atoms with van der Waals surface area (Å²) in [4.78, 5) is 15.8. The van der Waals surface area contributed by atoms with E-state index in [0.29, 0.717) is 12.2 Å². The highest BCUT2D eigenvalue weighted by atomic mass is 16.5. The lowest BCUT2D eigenvalue weighted by molar-refractivity contribution is -0.116.